The van der Waals surface area contributed by atoms with Crippen LogP contribution in [0.1, 0.15) is 39.3 Å². The predicted molar refractivity (Wildman–Crippen MR) is 108 cm³/mol. The molecule has 170 valence electrons. The van der Waals surface area contributed by atoms with Crippen molar-refractivity contribution in [1.29, 1.82) is 0 Å². The number of amides is 1. The first kappa shape index (κ1) is 24.5. The average molecular weight is 440 g/mol. The number of aliphatic hydroxyl groups is 1. The SMILES string of the molecule is CN1CCc2ccc(C(F)(F)F)cc2C1.CO.O=Cc1cc2n(n1)CCCN(C=O)C2. The van der Waals surface area contributed by atoms with Gasteiger partial charge in [0.2, 0.25) is 6.41 Å². The van der Waals surface area contributed by atoms with Crippen molar-refractivity contribution in [3.63, 3.8) is 0 Å². The van der Waals surface area contributed by atoms with E-state index in [0.29, 0.717) is 18.8 Å². The van der Waals surface area contributed by atoms with Gasteiger partial charge in [-0.3, -0.25) is 14.3 Å². The Morgan fingerprint density at radius 1 is 1.03 bits per heavy atom. The number of aliphatic hydroxyl groups excluding tert-OH is 1. The lowest BCUT2D eigenvalue weighted by Crippen LogP contribution is -2.26. The first-order chi connectivity index (χ1) is 14.8. The van der Waals surface area contributed by atoms with E-state index in [4.69, 9.17) is 5.11 Å². The number of carbonyl (C=O) groups excluding carboxylic acids is 2. The maximum absolute atomic E-state index is 12.4. The maximum Gasteiger partial charge on any atom is 0.416 e. The molecule has 0 radical (unpaired) electrons. The largest absolute Gasteiger partial charge is 0.416 e. The second-order valence-electron chi connectivity index (χ2n) is 7.30. The van der Waals surface area contributed by atoms with Crippen molar-refractivity contribution in [3.05, 3.63) is 52.3 Å². The van der Waals surface area contributed by atoms with Crippen molar-refractivity contribution in [2.24, 2.45) is 0 Å². The fourth-order valence-electron chi connectivity index (χ4n) is 3.53. The Morgan fingerprint density at radius 2 is 1.77 bits per heavy atom. The van der Waals surface area contributed by atoms with E-state index < -0.39 is 11.7 Å². The topological polar surface area (TPSA) is 78.7 Å². The number of halogens is 3. The Kier molecular flexibility index (Phi) is 8.76. The van der Waals surface area contributed by atoms with Crippen LogP contribution in [0.4, 0.5) is 13.2 Å². The second kappa shape index (κ2) is 11.1. The summed E-state index contributed by atoms with van der Waals surface area (Å²) in [5.41, 5.74) is 2.67. The van der Waals surface area contributed by atoms with Crippen LogP contribution in [0.15, 0.2) is 24.3 Å². The number of hydrogen-bond acceptors (Lipinski definition) is 5. The van der Waals surface area contributed by atoms with Crippen molar-refractivity contribution in [3.8, 4) is 0 Å². The summed E-state index contributed by atoms with van der Waals surface area (Å²) in [6.07, 6.45) is -0.948. The van der Waals surface area contributed by atoms with E-state index in [1.54, 1.807) is 21.7 Å². The molecule has 4 rings (SSSR count). The predicted octanol–water partition coefficient (Wildman–Crippen LogP) is 2.36. The standard InChI is InChI=1S/C11H12F3N.C9H11N3O2.CH4O/c1-15-5-4-8-2-3-10(11(12,13)14)6-9(8)7-15;13-6-8-4-9-5-11(7-14)2-1-3-12(9)10-8;1-2/h2-3,6H,4-5,7H2,1H3;4,6-7H,1-3,5H2;2H,1H3. The van der Waals surface area contributed by atoms with Crippen LogP contribution in [0.2, 0.25) is 0 Å². The Labute approximate surface area is 179 Å². The molecule has 1 N–H and O–H groups in total. The number of aryl methyl sites for hydroxylation is 1. The number of fused-ring (bicyclic) bond motifs is 2. The number of carbonyl (C=O) groups is 2. The minimum atomic E-state index is -4.23. The van der Waals surface area contributed by atoms with Gasteiger partial charge in [0.15, 0.2) is 6.29 Å². The van der Waals surface area contributed by atoms with Crippen LogP contribution in [0.5, 0.6) is 0 Å². The first-order valence-corrected chi connectivity index (χ1v) is 9.83. The first-order valence-electron chi connectivity index (χ1n) is 9.83. The van der Waals surface area contributed by atoms with Crippen LogP contribution in [-0.4, -0.2) is 64.6 Å². The molecule has 31 heavy (non-hydrogen) atoms. The third-order valence-electron chi connectivity index (χ3n) is 5.07. The Hall–Kier alpha value is -2.72. The molecule has 2 aromatic rings. The zero-order chi connectivity index (χ0) is 23.0. The lowest BCUT2D eigenvalue weighted by atomic mass is 9.97. The fourth-order valence-corrected chi connectivity index (χ4v) is 3.53. The third kappa shape index (κ3) is 6.63. The highest BCUT2D eigenvalue weighted by Gasteiger charge is 2.31. The van der Waals surface area contributed by atoms with E-state index in [1.807, 2.05) is 11.9 Å². The van der Waals surface area contributed by atoms with Gasteiger partial charge in [0.25, 0.3) is 0 Å². The summed E-state index contributed by atoms with van der Waals surface area (Å²) in [4.78, 5) is 24.8. The molecule has 2 aliphatic rings. The fraction of sp³-hybridized carbons (Fsp3) is 0.476. The number of hydrogen-bond donors (Lipinski definition) is 1. The molecule has 0 aliphatic carbocycles. The molecule has 0 saturated heterocycles. The van der Waals surface area contributed by atoms with E-state index in [0.717, 1.165) is 69.1 Å². The van der Waals surface area contributed by atoms with Crippen LogP contribution in [0, 0.1) is 0 Å². The molecule has 1 aromatic carbocycles. The summed E-state index contributed by atoms with van der Waals surface area (Å²) >= 11 is 0. The second-order valence-corrected chi connectivity index (χ2v) is 7.30. The van der Waals surface area contributed by atoms with E-state index in [-0.39, 0.29) is 0 Å². The van der Waals surface area contributed by atoms with Crippen LogP contribution < -0.4 is 0 Å². The molecule has 1 amide bonds. The number of aromatic nitrogens is 2. The van der Waals surface area contributed by atoms with Crippen LogP contribution in [0.25, 0.3) is 0 Å². The van der Waals surface area contributed by atoms with E-state index >= 15 is 0 Å². The summed E-state index contributed by atoms with van der Waals surface area (Å²) in [6, 6.07) is 5.77. The van der Waals surface area contributed by atoms with Gasteiger partial charge in [-0.2, -0.15) is 18.3 Å². The summed E-state index contributed by atoms with van der Waals surface area (Å²) in [7, 11) is 2.92. The molecule has 2 aliphatic heterocycles. The number of rotatable bonds is 2. The van der Waals surface area contributed by atoms with Gasteiger partial charge in [-0.25, -0.2) is 0 Å². The van der Waals surface area contributed by atoms with Gasteiger partial charge < -0.3 is 14.9 Å². The van der Waals surface area contributed by atoms with Crippen LogP contribution >= 0.6 is 0 Å². The van der Waals surface area contributed by atoms with Crippen molar-refractivity contribution >= 4 is 12.7 Å². The monoisotopic (exact) mass is 440 g/mol. The summed E-state index contributed by atoms with van der Waals surface area (Å²) in [6.45, 7) is 3.60. The van der Waals surface area contributed by atoms with Crippen LogP contribution in [-0.2, 0) is 37.0 Å². The smallest absolute Gasteiger partial charge is 0.400 e. The zero-order valence-corrected chi connectivity index (χ0v) is 17.6. The molecule has 3 heterocycles. The summed E-state index contributed by atoms with van der Waals surface area (Å²) < 4.78 is 39.1. The number of alkyl halides is 3. The van der Waals surface area contributed by atoms with E-state index in [1.165, 1.54) is 12.1 Å². The molecular weight excluding hydrogens is 413 g/mol. The molecule has 0 saturated carbocycles. The molecule has 0 fully saturated rings. The molecule has 0 atom stereocenters. The van der Waals surface area contributed by atoms with Gasteiger partial charge in [0, 0.05) is 33.3 Å². The highest BCUT2D eigenvalue weighted by molar-refractivity contribution is 5.71. The highest BCUT2D eigenvalue weighted by Crippen LogP contribution is 2.31. The Bertz CT molecular complexity index is 883. The molecular formula is C21H27F3N4O3. The van der Waals surface area contributed by atoms with Gasteiger partial charge in [-0.05, 0) is 49.2 Å². The lowest BCUT2D eigenvalue weighted by molar-refractivity contribution is -0.137. The average Bonchev–Trinajstić information content (AvgIpc) is 3.05. The number of aldehydes is 1. The van der Waals surface area contributed by atoms with E-state index in [9.17, 15) is 22.8 Å². The van der Waals surface area contributed by atoms with Crippen LogP contribution in [0.3, 0.4) is 0 Å². The molecule has 1 aromatic heterocycles. The lowest BCUT2D eigenvalue weighted by Gasteiger charge is -2.25. The van der Waals surface area contributed by atoms with Crippen molar-refractivity contribution in [1.82, 2.24) is 19.6 Å². The molecule has 10 heteroatoms. The van der Waals surface area contributed by atoms with Gasteiger partial charge in [0.05, 0.1) is 17.8 Å². The normalized spacial score (nSPS) is 15.9. The number of benzene rings is 1. The molecule has 0 bridgehead atoms. The zero-order valence-electron chi connectivity index (χ0n) is 17.6. The minimum absolute atomic E-state index is 0.438. The van der Waals surface area contributed by atoms with Gasteiger partial charge in [-0.1, -0.05) is 6.07 Å². The summed E-state index contributed by atoms with van der Waals surface area (Å²) in [5.74, 6) is 0. The Balaban J connectivity index is 0.000000204. The Morgan fingerprint density at radius 3 is 2.42 bits per heavy atom. The molecule has 7 nitrogen and oxygen atoms in total. The van der Waals surface area contributed by atoms with Gasteiger partial charge >= 0.3 is 6.18 Å². The highest BCUT2D eigenvalue weighted by atomic mass is 19.4. The number of nitrogens with zero attached hydrogens (tertiary/aromatic N) is 4. The molecule has 0 unspecified atom stereocenters. The maximum atomic E-state index is 12.4. The van der Waals surface area contributed by atoms with Gasteiger partial charge in [-0.15, -0.1) is 0 Å². The van der Waals surface area contributed by atoms with E-state index in [2.05, 4.69) is 5.10 Å². The van der Waals surface area contributed by atoms with Crippen molar-refractivity contribution in [2.45, 2.75) is 38.7 Å². The van der Waals surface area contributed by atoms with Gasteiger partial charge in [0.1, 0.15) is 5.69 Å². The molecule has 0 spiro atoms. The third-order valence-corrected chi connectivity index (χ3v) is 5.07. The number of likely N-dealkylation sites (N-methyl/N-ethyl adjacent to an activating group) is 1. The van der Waals surface area contributed by atoms with Crippen molar-refractivity contribution < 1.29 is 27.9 Å². The minimum Gasteiger partial charge on any atom is -0.400 e. The quantitative estimate of drug-likeness (QED) is 0.726. The summed E-state index contributed by atoms with van der Waals surface area (Å²) in [5, 5.41) is 11.1. The van der Waals surface area contributed by atoms with Crippen molar-refractivity contribution in [2.75, 3.05) is 27.2 Å².